The minimum Gasteiger partial charge on any atom is -0.380 e. The maximum absolute atomic E-state index is 13.8. The van der Waals surface area contributed by atoms with E-state index in [0.717, 1.165) is 25.8 Å². The summed E-state index contributed by atoms with van der Waals surface area (Å²) >= 11 is 0. The molecule has 2 heterocycles. The van der Waals surface area contributed by atoms with Crippen LogP contribution < -0.4 is 10.2 Å². The van der Waals surface area contributed by atoms with Gasteiger partial charge in [0.15, 0.2) is 0 Å². The van der Waals surface area contributed by atoms with Crippen LogP contribution in [-0.2, 0) is 11.2 Å². The van der Waals surface area contributed by atoms with Crippen LogP contribution in [0.2, 0.25) is 0 Å². The molecular weight excluding hydrogens is 341 g/mol. The standard InChI is InChI=1S/C22H26FN3O/c1-16(26-15-10-17-6-2-5-9-21(17)26)22(27)25-13-11-18(12-14-25)24-20-8-4-3-7-19(20)23/h2-9,16,18,24H,10-15H2,1H3. The summed E-state index contributed by atoms with van der Waals surface area (Å²) in [5.74, 6) is -0.0339. The molecule has 1 saturated heterocycles. The van der Waals surface area contributed by atoms with Crippen molar-refractivity contribution in [3.8, 4) is 0 Å². The van der Waals surface area contributed by atoms with Crippen LogP contribution >= 0.6 is 0 Å². The van der Waals surface area contributed by atoms with Crippen molar-refractivity contribution >= 4 is 17.3 Å². The molecule has 5 heteroatoms. The molecule has 2 aromatic rings. The van der Waals surface area contributed by atoms with Gasteiger partial charge in [0, 0.05) is 31.4 Å². The highest BCUT2D eigenvalue weighted by Crippen LogP contribution is 2.30. The highest BCUT2D eigenvalue weighted by Gasteiger charge is 2.32. The molecule has 27 heavy (non-hydrogen) atoms. The molecule has 1 N–H and O–H groups in total. The van der Waals surface area contributed by atoms with Crippen LogP contribution in [-0.4, -0.2) is 42.5 Å². The minimum absolute atomic E-state index is 0.148. The number of halogens is 1. The summed E-state index contributed by atoms with van der Waals surface area (Å²) in [6.07, 6.45) is 2.68. The van der Waals surface area contributed by atoms with Gasteiger partial charge in [-0.3, -0.25) is 4.79 Å². The molecule has 0 radical (unpaired) electrons. The first-order valence-electron chi connectivity index (χ1n) is 9.78. The number of hydrogen-bond acceptors (Lipinski definition) is 3. The number of rotatable bonds is 4. The van der Waals surface area contributed by atoms with Crippen molar-refractivity contribution in [2.24, 2.45) is 0 Å². The van der Waals surface area contributed by atoms with Crippen LogP contribution in [0.3, 0.4) is 0 Å². The third-order valence-electron chi connectivity index (χ3n) is 5.79. The largest absolute Gasteiger partial charge is 0.380 e. The van der Waals surface area contributed by atoms with E-state index in [0.29, 0.717) is 18.8 Å². The number of anilines is 2. The lowest BCUT2D eigenvalue weighted by atomic mass is 10.0. The predicted molar refractivity (Wildman–Crippen MR) is 107 cm³/mol. The summed E-state index contributed by atoms with van der Waals surface area (Å²) in [6.45, 7) is 4.33. The van der Waals surface area contributed by atoms with Gasteiger partial charge in [-0.1, -0.05) is 30.3 Å². The number of benzene rings is 2. The molecule has 4 rings (SSSR count). The number of carbonyl (C=O) groups excluding carboxylic acids is 1. The second kappa shape index (κ2) is 7.59. The third kappa shape index (κ3) is 3.64. The minimum atomic E-state index is -0.225. The molecule has 0 bridgehead atoms. The van der Waals surface area contributed by atoms with E-state index in [-0.39, 0.29) is 23.8 Å². The van der Waals surface area contributed by atoms with Crippen molar-refractivity contribution in [3.05, 3.63) is 59.9 Å². The fraction of sp³-hybridized carbons (Fsp3) is 0.409. The van der Waals surface area contributed by atoms with Crippen LogP contribution in [0.4, 0.5) is 15.8 Å². The fourth-order valence-electron chi connectivity index (χ4n) is 4.21. The van der Waals surface area contributed by atoms with Crippen molar-refractivity contribution in [2.45, 2.75) is 38.3 Å². The fourth-order valence-corrected chi connectivity index (χ4v) is 4.21. The van der Waals surface area contributed by atoms with Gasteiger partial charge in [-0.15, -0.1) is 0 Å². The number of nitrogens with zero attached hydrogens (tertiary/aromatic N) is 2. The first-order valence-corrected chi connectivity index (χ1v) is 9.78. The summed E-state index contributed by atoms with van der Waals surface area (Å²) in [5.41, 5.74) is 3.06. The van der Waals surface area contributed by atoms with E-state index in [2.05, 4.69) is 28.4 Å². The zero-order chi connectivity index (χ0) is 18.8. The van der Waals surface area contributed by atoms with Crippen molar-refractivity contribution in [1.82, 2.24) is 4.90 Å². The highest BCUT2D eigenvalue weighted by molar-refractivity contribution is 5.86. The van der Waals surface area contributed by atoms with Gasteiger partial charge in [0.1, 0.15) is 11.9 Å². The molecule has 0 aliphatic carbocycles. The van der Waals surface area contributed by atoms with E-state index in [9.17, 15) is 9.18 Å². The van der Waals surface area contributed by atoms with Crippen LogP contribution in [0.5, 0.6) is 0 Å². The SMILES string of the molecule is CC(C(=O)N1CCC(Nc2ccccc2F)CC1)N1CCc2ccccc21. The molecule has 0 spiro atoms. The van der Waals surface area contributed by atoms with Gasteiger partial charge in [-0.05, 0) is 49.9 Å². The Bertz CT molecular complexity index is 817. The lowest BCUT2D eigenvalue weighted by Crippen LogP contribution is -2.50. The smallest absolute Gasteiger partial charge is 0.244 e. The molecule has 1 unspecified atom stereocenters. The molecule has 2 aromatic carbocycles. The first-order chi connectivity index (χ1) is 13.1. The predicted octanol–water partition coefficient (Wildman–Crippen LogP) is 3.68. The Balaban J connectivity index is 1.34. The van der Waals surface area contributed by atoms with Crippen molar-refractivity contribution < 1.29 is 9.18 Å². The van der Waals surface area contributed by atoms with E-state index in [1.807, 2.05) is 24.0 Å². The monoisotopic (exact) mass is 367 g/mol. The number of likely N-dealkylation sites (tertiary alicyclic amines) is 1. The van der Waals surface area contributed by atoms with Gasteiger partial charge < -0.3 is 15.1 Å². The van der Waals surface area contributed by atoms with E-state index >= 15 is 0 Å². The summed E-state index contributed by atoms with van der Waals surface area (Å²) in [7, 11) is 0. The average molecular weight is 367 g/mol. The molecule has 4 nitrogen and oxygen atoms in total. The van der Waals surface area contributed by atoms with Crippen molar-refractivity contribution in [2.75, 3.05) is 29.9 Å². The first kappa shape index (κ1) is 17.8. The topological polar surface area (TPSA) is 35.6 Å². The summed E-state index contributed by atoms with van der Waals surface area (Å²) in [4.78, 5) is 17.2. The lowest BCUT2D eigenvalue weighted by Gasteiger charge is -2.36. The Labute approximate surface area is 160 Å². The van der Waals surface area contributed by atoms with E-state index in [1.165, 1.54) is 17.3 Å². The molecular formula is C22H26FN3O. The van der Waals surface area contributed by atoms with E-state index < -0.39 is 0 Å². The number of hydrogen-bond donors (Lipinski definition) is 1. The zero-order valence-electron chi connectivity index (χ0n) is 15.7. The quantitative estimate of drug-likeness (QED) is 0.895. The average Bonchev–Trinajstić information content (AvgIpc) is 3.13. The number of fused-ring (bicyclic) bond motifs is 1. The van der Waals surface area contributed by atoms with Crippen molar-refractivity contribution in [3.63, 3.8) is 0 Å². The second-order valence-corrected chi connectivity index (χ2v) is 7.47. The van der Waals surface area contributed by atoms with Gasteiger partial charge in [-0.25, -0.2) is 4.39 Å². The molecule has 1 atom stereocenters. The van der Waals surface area contributed by atoms with Gasteiger partial charge in [0.25, 0.3) is 0 Å². The van der Waals surface area contributed by atoms with Gasteiger partial charge >= 0.3 is 0 Å². The number of amides is 1. The van der Waals surface area contributed by atoms with E-state index in [1.54, 1.807) is 12.1 Å². The Morgan fingerprint density at radius 3 is 2.56 bits per heavy atom. The lowest BCUT2D eigenvalue weighted by molar-refractivity contribution is -0.133. The Kier molecular flexibility index (Phi) is 5.01. The second-order valence-electron chi connectivity index (χ2n) is 7.47. The molecule has 0 saturated carbocycles. The normalized spacial score (nSPS) is 18.3. The molecule has 1 amide bonds. The van der Waals surface area contributed by atoms with Crippen LogP contribution in [0.25, 0.3) is 0 Å². The summed E-state index contributed by atoms with van der Waals surface area (Å²) < 4.78 is 13.8. The van der Waals surface area contributed by atoms with Gasteiger partial charge in [-0.2, -0.15) is 0 Å². The Hall–Kier alpha value is -2.56. The van der Waals surface area contributed by atoms with Crippen LogP contribution in [0, 0.1) is 5.82 Å². The third-order valence-corrected chi connectivity index (χ3v) is 5.79. The maximum atomic E-state index is 13.8. The maximum Gasteiger partial charge on any atom is 0.244 e. The molecule has 2 aliphatic heterocycles. The Morgan fingerprint density at radius 2 is 1.78 bits per heavy atom. The number of nitrogens with one attached hydrogen (secondary N) is 1. The van der Waals surface area contributed by atoms with Gasteiger partial charge in [0.05, 0.1) is 5.69 Å². The number of carbonyl (C=O) groups is 1. The molecule has 142 valence electrons. The van der Waals surface area contributed by atoms with Crippen LogP contribution in [0.1, 0.15) is 25.3 Å². The highest BCUT2D eigenvalue weighted by atomic mass is 19.1. The van der Waals surface area contributed by atoms with Gasteiger partial charge in [0.2, 0.25) is 5.91 Å². The zero-order valence-corrected chi connectivity index (χ0v) is 15.7. The van der Waals surface area contributed by atoms with E-state index in [4.69, 9.17) is 0 Å². The summed E-state index contributed by atoms with van der Waals surface area (Å²) in [5, 5.41) is 3.28. The number of piperidine rings is 1. The summed E-state index contributed by atoms with van der Waals surface area (Å²) in [6, 6.07) is 15.2. The van der Waals surface area contributed by atoms with Crippen LogP contribution in [0.15, 0.2) is 48.5 Å². The number of para-hydroxylation sites is 2. The van der Waals surface area contributed by atoms with Crippen molar-refractivity contribution in [1.29, 1.82) is 0 Å². The molecule has 0 aromatic heterocycles. The molecule has 2 aliphatic rings. The molecule has 1 fully saturated rings. The Morgan fingerprint density at radius 1 is 1.07 bits per heavy atom.